The van der Waals surface area contributed by atoms with Crippen LogP contribution in [0.1, 0.15) is 26.7 Å². The molecule has 1 saturated heterocycles. The Labute approximate surface area is 109 Å². The highest BCUT2D eigenvalue weighted by atomic mass is 16.5. The smallest absolute Gasteiger partial charge is 0.218 e. The van der Waals surface area contributed by atoms with Gasteiger partial charge in [-0.05, 0) is 26.3 Å². The van der Waals surface area contributed by atoms with E-state index < -0.39 is 0 Å². The predicted octanol–water partition coefficient (Wildman–Crippen LogP) is 1.77. The van der Waals surface area contributed by atoms with Crippen LogP contribution >= 0.6 is 0 Å². The molecule has 1 aromatic heterocycles. The minimum atomic E-state index is 0.511. The van der Waals surface area contributed by atoms with Gasteiger partial charge in [0, 0.05) is 25.2 Å². The van der Waals surface area contributed by atoms with Gasteiger partial charge in [-0.3, -0.25) is 0 Å². The highest BCUT2D eigenvalue weighted by Crippen LogP contribution is 2.17. The summed E-state index contributed by atoms with van der Waals surface area (Å²) in [6, 6.07) is 2.38. The number of hydrogen-bond donors (Lipinski definition) is 1. The van der Waals surface area contributed by atoms with Crippen LogP contribution in [-0.4, -0.2) is 47.2 Å². The maximum atomic E-state index is 5.37. The van der Waals surface area contributed by atoms with Gasteiger partial charge in [-0.2, -0.15) is 0 Å². The summed E-state index contributed by atoms with van der Waals surface area (Å²) in [7, 11) is 0. The molecular weight excluding hydrogens is 228 g/mol. The Bertz CT molecular complexity index is 364. The van der Waals surface area contributed by atoms with Crippen LogP contribution in [-0.2, 0) is 0 Å². The van der Waals surface area contributed by atoms with Crippen molar-refractivity contribution in [1.82, 2.24) is 14.9 Å². The zero-order valence-electron chi connectivity index (χ0n) is 11.2. The second-order valence-corrected chi connectivity index (χ2v) is 4.53. The van der Waals surface area contributed by atoms with Crippen LogP contribution in [0.3, 0.4) is 0 Å². The maximum Gasteiger partial charge on any atom is 0.218 e. The molecule has 5 nitrogen and oxygen atoms in total. The van der Waals surface area contributed by atoms with Crippen LogP contribution in [0.5, 0.6) is 5.88 Å². The number of likely N-dealkylation sites (tertiary alicyclic amines) is 1. The number of nitrogens with one attached hydrogen (secondary N) is 1. The first kappa shape index (κ1) is 13.1. The standard InChI is InChI=1S/C13H22N4O/c1-3-17-7-5-11(6-8-17)16-12-9-13(18-4-2)15-10-14-12/h9-11H,3-8H2,1-2H3,(H,14,15,16). The molecule has 1 N–H and O–H groups in total. The van der Waals surface area contributed by atoms with Gasteiger partial charge in [0.15, 0.2) is 0 Å². The first-order valence-electron chi connectivity index (χ1n) is 6.75. The van der Waals surface area contributed by atoms with E-state index in [2.05, 4.69) is 27.1 Å². The van der Waals surface area contributed by atoms with E-state index in [0.29, 0.717) is 18.5 Å². The lowest BCUT2D eigenvalue weighted by Gasteiger charge is -2.31. The first-order valence-corrected chi connectivity index (χ1v) is 6.75. The van der Waals surface area contributed by atoms with Crippen molar-refractivity contribution in [1.29, 1.82) is 0 Å². The zero-order chi connectivity index (χ0) is 12.8. The van der Waals surface area contributed by atoms with Crippen molar-refractivity contribution in [3.05, 3.63) is 12.4 Å². The minimum Gasteiger partial charge on any atom is -0.478 e. The van der Waals surface area contributed by atoms with Crippen LogP contribution in [0.2, 0.25) is 0 Å². The molecule has 0 bridgehead atoms. The monoisotopic (exact) mass is 250 g/mol. The molecule has 100 valence electrons. The van der Waals surface area contributed by atoms with Gasteiger partial charge in [0.1, 0.15) is 12.1 Å². The molecule has 5 heteroatoms. The summed E-state index contributed by atoms with van der Waals surface area (Å²) in [5.74, 6) is 1.50. The molecule has 0 spiro atoms. The minimum absolute atomic E-state index is 0.511. The van der Waals surface area contributed by atoms with Crippen molar-refractivity contribution in [2.24, 2.45) is 0 Å². The molecule has 0 atom stereocenters. The Morgan fingerprint density at radius 3 is 2.78 bits per heavy atom. The molecule has 0 amide bonds. The van der Waals surface area contributed by atoms with E-state index in [4.69, 9.17) is 4.74 Å². The topological polar surface area (TPSA) is 50.3 Å². The molecule has 1 aromatic rings. The number of rotatable bonds is 5. The number of aromatic nitrogens is 2. The van der Waals surface area contributed by atoms with Crippen LogP contribution in [0, 0.1) is 0 Å². The van der Waals surface area contributed by atoms with Crippen molar-refractivity contribution in [2.45, 2.75) is 32.7 Å². The van der Waals surface area contributed by atoms with Crippen molar-refractivity contribution < 1.29 is 4.74 Å². The van der Waals surface area contributed by atoms with Crippen LogP contribution in [0.4, 0.5) is 5.82 Å². The number of nitrogens with zero attached hydrogens (tertiary/aromatic N) is 3. The van der Waals surface area contributed by atoms with Crippen LogP contribution < -0.4 is 10.1 Å². The number of hydrogen-bond acceptors (Lipinski definition) is 5. The van der Waals surface area contributed by atoms with Gasteiger partial charge in [0.2, 0.25) is 5.88 Å². The molecule has 2 rings (SSSR count). The third-order valence-corrected chi connectivity index (χ3v) is 3.32. The fourth-order valence-electron chi connectivity index (χ4n) is 2.25. The Morgan fingerprint density at radius 2 is 2.11 bits per heavy atom. The number of ether oxygens (including phenoxy) is 1. The lowest BCUT2D eigenvalue weighted by atomic mass is 10.1. The highest BCUT2D eigenvalue weighted by Gasteiger charge is 2.18. The Hall–Kier alpha value is -1.36. The number of piperidine rings is 1. The van der Waals surface area contributed by atoms with Gasteiger partial charge in [-0.25, -0.2) is 9.97 Å². The summed E-state index contributed by atoms with van der Waals surface area (Å²) >= 11 is 0. The Morgan fingerprint density at radius 1 is 1.33 bits per heavy atom. The lowest BCUT2D eigenvalue weighted by Crippen LogP contribution is -2.39. The van der Waals surface area contributed by atoms with Crippen molar-refractivity contribution in [3.63, 3.8) is 0 Å². The summed E-state index contributed by atoms with van der Waals surface area (Å²) in [6.07, 6.45) is 3.89. The van der Waals surface area contributed by atoms with Gasteiger partial charge < -0.3 is 15.0 Å². The summed E-state index contributed by atoms with van der Waals surface area (Å²) in [5.41, 5.74) is 0. The Kier molecular flexibility index (Phi) is 4.75. The normalized spacial score (nSPS) is 17.7. The summed E-state index contributed by atoms with van der Waals surface area (Å²) in [5, 5.41) is 3.47. The maximum absolute atomic E-state index is 5.37. The molecule has 0 aromatic carbocycles. The van der Waals surface area contributed by atoms with E-state index in [1.807, 2.05) is 13.0 Å². The molecule has 18 heavy (non-hydrogen) atoms. The zero-order valence-corrected chi connectivity index (χ0v) is 11.2. The summed E-state index contributed by atoms with van der Waals surface area (Å²) < 4.78 is 5.37. The quantitative estimate of drug-likeness (QED) is 0.863. The summed E-state index contributed by atoms with van der Waals surface area (Å²) in [4.78, 5) is 10.8. The van der Waals surface area contributed by atoms with E-state index in [0.717, 1.165) is 25.5 Å². The molecule has 1 aliphatic heterocycles. The highest BCUT2D eigenvalue weighted by molar-refractivity contribution is 5.38. The summed E-state index contributed by atoms with van der Waals surface area (Å²) in [6.45, 7) is 8.28. The molecule has 1 fully saturated rings. The van der Waals surface area contributed by atoms with Crippen molar-refractivity contribution in [2.75, 3.05) is 31.6 Å². The van der Waals surface area contributed by atoms with Gasteiger partial charge >= 0.3 is 0 Å². The molecule has 0 saturated carbocycles. The van der Waals surface area contributed by atoms with Crippen LogP contribution in [0.15, 0.2) is 12.4 Å². The molecule has 1 aliphatic rings. The fourth-order valence-corrected chi connectivity index (χ4v) is 2.25. The van der Waals surface area contributed by atoms with E-state index in [1.165, 1.54) is 12.8 Å². The third-order valence-electron chi connectivity index (χ3n) is 3.32. The predicted molar refractivity (Wildman–Crippen MR) is 72.0 cm³/mol. The number of anilines is 1. The lowest BCUT2D eigenvalue weighted by molar-refractivity contribution is 0.229. The van der Waals surface area contributed by atoms with E-state index in [-0.39, 0.29) is 0 Å². The second kappa shape index (κ2) is 6.54. The fraction of sp³-hybridized carbons (Fsp3) is 0.692. The average Bonchev–Trinajstić information content (AvgIpc) is 2.40. The average molecular weight is 250 g/mol. The first-order chi connectivity index (χ1) is 8.81. The van der Waals surface area contributed by atoms with E-state index in [9.17, 15) is 0 Å². The largest absolute Gasteiger partial charge is 0.478 e. The van der Waals surface area contributed by atoms with Gasteiger partial charge in [0.05, 0.1) is 6.61 Å². The molecular formula is C13H22N4O. The molecule has 0 aliphatic carbocycles. The van der Waals surface area contributed by atoms with Crippen LogP contribution in [0.25, 0.3) is 0 Å². The molecule has 0 radical (unpaired) electrons. The van der Waals surface area contributed by atoms with E-state index in [1.54, 1.807) is 6.33 Å². The van der Waals surface area contributed by atoms with Gasteiger partial charge in [0.25, 0.3) is 0 Å². The third kappa shape index (κ3) is 3.57. The molecule has 0 unspecified atom stereocenters. The SMILES string of the molecule is CCOc1cc(NC2CCN(CC)CC2)ncn1. The second-order valence-electron chi connectivity index (χ2n) is 4.53. The van der Waals surface area contributed by atoms with E-state index >= 15 is 0 Å². The van der Waals surface area contributed by atoms with Gasteiger partial charge in [-0.1, -0.05) is 6.92 Å². The molecule has 2 heterocycles. The van der Waals surface area contributed by atoms with Gasteiger partial charge in [-0.15, -0.1) is 0 Å². The van der Waals surface area contributed by atoms with Crippen molar-refractivity contribution >= 4 is 5.82 Å². The van der Waals surface area contributed by atoms with Crippen molar-refractivity contribution in [3.8, 4) is 5.88 Å². The Balaban J connectivity index is 1.87.